The number of alkyl halides is 2. The maximum atomic E-state index is 11.3. The summed E-state index contributed by atoms with van der Waals surface area (Å²) in [6.07, 6.45) is 1.56. The molecule has 0 bridgehead atoms. The summed E-state index contributed by atoms with van der Waals surface area (Å²) in [4.78, 5) is 0. The number of hydrogen-bond donors (Lipinski definition) is 0. The van der Waals surface area contributed by atoms with Crippen LogP contribution >= 0.6 is 0 Å². The Balaban J connectivity index is 0. The molecule has 0 radical (unpaired) electrons. The zero-order valence-electron chi connectivity index (χ0n) is 6.70. The minimum Gasteiger partial charge on any atom is -0.381 e. The van der Waals surface area contributed by atoms with Crippen LogP contribution in [0.1, 0.15) is 19.8 Å². The highest BCUT2D eigenvalue weighted by molar-refractivity contribution is 4.30. The standard InChI is InChI=1S/C6H13FO.CH3F/c1-2-5-8-6-3-4-7;1-2/h2-6H2,1H3;1H3. The maximum Gasteiger partial charge on any atom is 0.0916 e. The van der Waals surface area contributed by atoms with E-state index in [9.17, 15) is 8.78 Å². The second-order valence-electron chi connectivity index (χ2n) is 1.65. The Morgan fingerprint density at radius 3 is 2.20 bits per heavy atom. The van der Waals surface area contributed by atoms with E-state index >= 15 is 0 Å². The van der Waals surface area contributed by atoms with E-state index in [-0.39, 0.29) is 6.67 Å². The molecule has 0 aliphatic heterocycles. The van der Waals surface area contributed by atoms with Gasteiger partial charge in [0, 0.05) is 13.2 Å². The monoisotopic (exact) mass is 154 g/mol. The van der Waals surface area contributed by atoms with Gasteiger partial charge in [0.2, 0.25) is 0 Å². The predicted octanol–water partition coefficient (Wildman–Crippen LogP) is 2.36. The Kier molecular flexibility index (Phi) is 19.9. The van der Waals surface area contributed by atoms with E-state index in [2.05, 4.69) is 0 Å². The van der Waals surface area contributed by atoms with Crippen molar-refractivity contribution in [2.24, 2.45) is 0 Å². The second-order valence-corrected chi connectivity index (χ2v) is 1.65. The summed E-state index contributed by atoms with van der Waals surface area (Å²) in [6, 6.07) is 0. The molecule has 3 heteroatoms. The Hall–Kier alpha value is -0.180. The molecule has 0 aromatic carbocycles. The molecule has 0 saturated carbocycles. The summed E-state index contributed by atoms with van der Waals surface area (Å²) in [5.41, 5.74) is 0. The maximum absolute atomic E-state index is 11.3. The van der Waals surface area contributed by atoms with Crippen LogP contribution < -0.4 is 0 Å². The summed E-state index contributed by atoms with van der Waals surface area (Å²) in [5.74, 6) is 0. The van der Waals surface area contributed by atoms with Gasteiger partial charge in [-0.25, -0.2) is 0 Å². The van der Waals surface area contributed by atoms with Crippen molar-refractivity contribution in [3.63, 3.8) is 0 Å². The van der Waals surface area contributed by atoms with Crippen LogP contribution in [-0.2, 0) is 4.74 Å². The fourth-order valence-corrected chi connectivity index (χ4v) is 0.403. The smallest absolute Gasteiger partial charge is 0.0916 e. The van der Waals surface area contributed by atoms with E-state index in [4.69, 9.17) is 4.74 Å². The van der Waals surface area contributed by atoms with Gasteiger partial charge in [-0.2, -0.15) is 0 Å². The molecule has 1 nitrogen and oxygen atoms in total. The number of rotatable bonds is 5. The summed E-state index contributed by atoms with van der Waals surface area (Å²) in [7, 11) is 0.500. The summed E-state index contributed by atoms with van der Waals surface area (Å²) in [5, 5.41) is 0. The average molecular weight is 154 g/mol. The first-order valence-corrected chi connectivity index (χ1v) is 3.43. The minimum absolute atomic E-state index is 0.260. The van der Waals surface area contributed by atoms with Gasteiger partial charge in [-0.3, -0.25) is 8.78 Å². The molecule has 0 aliphatic carbocycles. The first kappa shape index (κ1) is 12.5. The topological polar surface area (TPSA) is 9.23 Å². The van der Waals surface area contributed by atoms with E-state index in [1.165, 1.54) is 0 Å². The van der Waals surface area contributed by atoms with Gasteiger partial charge in [0.1, 0.15) is 0 Å². The lowest BCUT2D eigenvalue weighted by Crippen LogP contribution is -1.95. The van der Waals surface area contributed by atoms with Crippen LogP contribution in [0, 0.1) is 0 Å². The van der Waals surface area contributed by atoms with Crippen molar-refractivity contribution in [3.8, 4) is 0 Å². The minimum atomic E-state index is -0.260. The van der Waals surface area contributed by atoms with E-state index in [1.807, 2.05) is 6.92 Å². The molecule has 0 rings (SSSR count). The Bertz CT molecular complexity index is 36.6. The van der Waals surface area contributed by atoms with Gasteiger partial charge in [0.15, 0.2) is 0 Å². The predicted molar refractivity (Wildman–Crippen MR) is 38.7 cm³/mol. The van der Waals surface area contributed by atoms with E-state index in [1.54, 1.807) is 0 Å². The van der Waals surface area contributed by atoms with Crippen LogP contribution in [-0.4, -0.2) is 27.1 Å². The molecule has 0 atom stereocenters. The molecule has 0 amide bonds. The first-order valence-electron chi connectivity index (χ1n) is 3.43. The van der Waals surface area contributed by atoms with Gasteiger partial charge >= 0.3 is 0 Å². The van der Waals surface area contributed by atoms with Crippen molar-refractivity contribution in [1.29, 1.82) is 0 Å². The Morgan fingerprint density at radius 2 is 1.80 bits per heavy atom. The lowest BCUT2D eigenvalue weighted by molar-refractivity contribution is 0.127. The van der Waals surface area contributed by atoms with Gasteiger partial charge in [-0.1, -0.05) is 6.92 Å². The zero-order chi connectivity index (χ0) is 8.24. The third kappa shape index (κ3) is 15.7. The molecule has 64 valence electrons. The third-order valence-corrected chi connectivity index (χ3v) is 0.771. The van der Waals surface area contributed by atoms with Crippen LogP contribution in [0.25, 0.3) is 0 Å². The molecule has 0 aliphatic rings. The van der Waals surface area contributed by atoms with E-state index < -0.39 is 0 Å². The van der Waals surface area contributed by atoms with Crippen LogP contribution in [0.15, 0.2) is 0 Å². The molecule has 0 unspecified atom stereocenters. The highest BCUT2D eigenvalue weighted by Crippen LogP contribution is 1.84. The molecule has 10 heavy (non-hydrogen) atoms. The van der Waals surface area contributed by atoms with Crippen LogP contribution in [0.4, 0.5) is 8.78 Å². The first-order chi connectivity index (χ1) is 4.91. The van der Waals surface area contributed by atoms with Crippen molar-refractivity contribution in [2.75, 3.05) is 27.1 Å². The van der Waals surface area contributed by atoms with Gasteiger partial charge in [0.25, 0.3) is 0 Å². The molecule has 0 saturated heterocycles. The molecule has 0 heterocycles. The SMILES string of the molecule is CCCOCCCF.CF. The number of ether oxygens (including phenoxy) is 1. The van der Waals surface area contributed by atoms with Crippen molar-refractivity contribution in [1.82, 2.24) is 0 Å². The fraction of sp³-hybridized carbons (Fsp3) is 1.00. The summed E-state index contributed by atoms with van der Waals surface area (Å²) in [6.45, 7) is 3.11. The Labute approximate surface area is 61.4 Å². The summed E-state index contributed by atoms with van der Waals surface area (Å²) >= 11 is 0. The van der Waals surface area contributed by atoms with Gasteiger partial charge in [-0.15, -0.1) is 0 Å². The zero-order valence-corrected chi connectivity index (χ0v) is 6.70. The molecule has 0 fully saturated rings. The second kappa shape index (κ2) is 15.9. The number of hydrogen-bond acceptors (Lipinski definition) is 1. The molecular weight excluding hydrogens is 138 g/mol. The van der Waals surface area contributed by atoms with Gasteiger partial charge in [-0.05, 0) is 12.8 Å². The fourth-order valence-electron chi connectivity index (χ4n) is 0.403. The molecule has 0 aromatic heterocycles. The van der Waals surface area contributed by atoms with Crippen LogP contribution in [0.5, 0.6) is 0 Å². The van der Waals surface area contributed by atoms with Crippen molar-refractivity contribution >= 4 is 0 Å². The lowest BCUT2D eigenvalue weighted by Gasteiger charge is -1.96. The van der Waals surface area contributed by atoms with Crippen LogP contribution in [0.2, 0.25) is 0 Å². The molecular formula is C7H16F2O. The number of halogens is 2. The average Bonchev–Trinajstić information content (AvgIpc) is 2.02. The molecule has 0 N–H and O–H groups in total. The highest BCUT2D eigenvalue weighted by Gasteiger charge is 1.83. The normalized spacial score (nSPS) is 8.40. The Morgan fingerprint density at radius 1 is 1.20 bits per heavy atom. The van der Waals surface area contributed by atoms with E-state index in [0.29, 0.717) is 20.2 Å². The van der Waals surface area contributed by atoms with Crippen LogP contribution in [0.3, 0.4) is 0 Å². The summed E-state index contributed by atoms with van der Waals surface area (Å²) < 4.78 is 25.8. The van der Waals surface area contributed by atoms with Crippen molar-refractivity contribution in [3.05, 3.63) is 0 Å². The van der Waals surface area contributed by atoms with Gasteiger partial charge < -0.3 is 4.74 Å². The van der Waals surface area contributed by atoms with E-state index in [0.717, 1.165) is 13.0 Å². The van der Waals surface area contributed by atoms with Crippen molar-refractivity contribution in [2.45, 2.75) is 19.8 Å². The quantitative estimate of drug-likeness (QED) is 0.552. The lowest BCUT2D eigenvalue weighted by atomic mass is 10.5. The highest BCUT2D eigenvalue weighted by atomic mass is 19.1. The van der Waals surface area contributed by atoms with Gasteiger partial charge in [0.05, 0.1) is 13.9 Å². The van der Waals surface area contributed by atoms with Crippen molar-refractivity contribution < 1.29 is 13.5 Å². The molecule has 0 spiro atoms. The third-order valence-electron chi connectivity index (χ3n) is 0.771. The largest absolute Gasteiger partial charge is 0.381 e. The molecule has 0 aromatic rings.